The number of rotatable bonds is 7. The van der Waals surface area contributed by atoms with Gasteiger partial charge in [-0.3, -0.25) is 4.79 Å². The van der Waals surface area contributed by atoms with Crippen LogP contribution in [0, 0.1) is 20.8 Å². The number of ketones is 1. The molecule has 0 saturated carbocycles. The second-order valence-corrected chi connectivity index (χ2v) is 7.25. The fourth-order valence-corrected chi connectivity index (χ4v) is 2.73. The summed E-state index contributed by atoms with van der Waals surface area (Å²) in [6.07, 6.45) is 1.81. The van der Waals surface area contributed by atoms with Gasteiger partial charge < -0.3 is 9.64 Å². The molecule has 2 aromatic carbocycles. The van der Waals surface area contributed by atoms with Crippen molar-refractivity contribution in [3.8, 4) is 5.75 Å². The van der Waals surface area contributed by atoms with Gasteiger partial charge in [0.25, 0.3) is 0 Å². The van der Waals surface area contributed by atoms with Crippen LogP contribution in [0.15, 0.2) is 39.8 Å². The van der Waals surface area contributed by atoms with Crippen LogP contribution in [0.25, 0.3) is 0 Å². The average molecular weight is 417 g/mol. The molecule has 0 amide bonds. The maximum atomic E-state index is 12.6. The van der Waals surface area contributed by atoms with Gasteiger partial charge in [-0.05, 0) is 68.7 Å². The predicted molar refractivity (Wildman–Crippen MR) is 111 cm³/mol. The van der Waals surface area contributed by atoms with Crippen LogP contribution in [0.3, 0.4) is 0 Å². The molecule has 5 heteroatoms. The second kappa shape index (κ2) is 8.99. The van der Waals surface area contributed by atoms with E-state index in [9.17, 15) is 4.79 Å². The number of carbonyl (C=O) groups excluding carboxylic acids is 1. The zero-order valence-corrected chi connectivity index (χ0v) is 17.6. The van der Waals surface area contributed by atoms with Crippen molar-refractivity contribution in [2.24, 2.45) is 4.99 Å². The minimum Gasteiger partial charge on any atom is -0.485 e. The highest BCUT2D eigenvalue weighted by Crippen LogP contribution is 2.25. The van der Waals surface area contributed by atoms with E-state index in [1.54, 1.807) is 0 Å². The fraction of sp³-hybridized carbons (Fsp3) is 0.333. The smallest absolute Gasteiger partial charge is 0.200 e. The summed E-state index contributed by atoms with van der Waals surface area (Å²) in [5.41, 5.74) is 4.55. The van der Waals surface area contributed by atoms with Gasteiger partial charge in [-0.2, -0.15) is 0 Å². The van der Waals surface area contributed by atoms with E-state index in [0.29, 0.717) is 11.3 Å². The lowest BCUT2D eigenvalue weighted by Gasteiger charge is -2.12. The molecule has 0 aliphatic rings. The van der Waals surface area contributed by atoms with E-state index in [1.165, 1.54) is 0 Å². The van der Waals surface area contributed by atoms with Gasteiger partial charge >= 0.3 is 0 Å². The first-order valence-corrected chi connectivity index (χ1v) is 9.39. The quantitative estimate of drug-likeness (QED) is 0.351. The average Bonchev–Trinajstić information content (AvgIpc) is 2.62. The van der Waals surface area contributed by atoms with Crippen molar-refractivity contribution in [3.63, 3.8) is 0 Å². The first-order chi connectivity index (χ1) is 12.3. The third kappa shape index (κ3) is 5.18. The van der Waals surface area contributed by atoms with Crippen molar-refractivity contribution >= 4 is 33.7 Å². The summed E-state index contributed by atoms with van der Waals surface area (Å²) in [6.45, 7) is 8.87. The number of aryl methyl sites for hydroxylation is 3. The Labute approximate surface area is 164 Å². The minimum absolute atomic E-state index is 0.0109. The Morgan fingerprint density at radius 1 is 1.15 bits per heavy atom. The lowest BCUT2D eigenvalue weighted by molar-refractivity contribution is 0.0921. The standard InChI is InChI=1S/C21H25BrN2O2/c1-6-24(5)13-23-20-10-15(3)18(9-16(20)4)21(25)12-26-17-8-7-14(2)19(22)11-17/h7-11,13H,6,12H2,1-5H3/b23-13-. The normalized spacial score (nSPS) is 11.0. The highest BCUT2D eigenvalue weighted by atomic mass is 79.9. The molecule has 0 aliphatic carbocycles. The number of halogens is 1. The molecule has 0 unspecified atom stereocenters. The molecule has 2 rings (SSSR count). The van der Waals surface area contributed by atoms with Gasteiger partial charge in [0.15, 0.2) is 12.4 Å². The van der Waals surface area contributed by atoms with Crippen molar-refractivity contribution < 1.29 is 9.53 Å². The summed E-state index contributed by atoms with van der Waals surface area (Å²) in [6, 6.07) is 9.55. The highest BCUT2D eigenvalue weighted by molar-refractivity contribution is 9.10. The molecule has 0 radical (unpaired) electrons. The molecule has 0 spiro atoms. The van der Waals surface area contributed by atoms with Crippen molar-refractivity contribution in [2.45, 2.75) is 27.7 Å². The fourth-order valence-electron chi connectivity index (χ4n) is 2.37. The topological polar surface area (TPSA) is 41.9 Å². The summed E-state index contributed by atoms with van der Waals surface area (Å²) in [5, 5.41) is 0. The van der Waals surface area contributed by atoms with Crippen molar-refractivity contribution in [2.75, 3.05) is 20.2 Å². The van der Waals surface area contributed by atoms with E-state index < -0.39 is 0 Å². The van der Waals surface area contributed by atoms with Crippen LogP contribution in [-0.4, -0.2) is 37.2 Å². The minimum atomic E-state index is -0.0384. The molecule has 0 atom stereocenters. The zero-order valence-electron chi connectivity index (χ0n) is 16.0. The molecule has 0 aromatic heterocycles. The van der Waals surface area contributed by atoms with E-state index in [4.69, 9.17) is 4.74 Å². The van der Waals surface area contributed by atoms with Crippen LogP contribution in [0.1, 0.15) is 34.0 Å². The molecule has 0 saturated heterocycles. The number of hydrogen-bond donors (Lipinski definition) is 0. The van der Waals surface area contributed by atoms with Gasteiger partial charge in [0.1, 0.15) is 5.75 Å². The van der Waals surface area contributed by atoms with Gasteiger partial charge in [-0.25, -0.2) is 4.99 Å². The molecule has 0 heterocycles. The molecule has 0 N–H and O–H groups in total. The Morgan fingerprint density at radius 2 is 1.88 bits per heavy atom. The van der Waals surface area contributed by atoms with E-state index in [1.807, 2.05) is 69.4 Å². The first-order valence-electron chi connectivity index (χ1n) is 8.59. The number of carbonyl (C=O) groups is 1. The molecular formula is C21H25BrN2O2. The van der Waals surface area contributed by atoms with Crippen LogP contribution < -0.4 is 4.74 Å². The number of ether oxygens (including phenoxy) is 1. The molecule has 0 fully saturated rings. The van der Waals surface area contributed by atoms with Gasteiger partial charge in [0.2, 0.25) is 0 Å². The highest BCUT2D eigenvalue weighted by Gasteiger charge is 2.13. The number of nitrogens with zero attached hydrogens (tertiary/aromatic N) is 2. The predicted octanol–water partition coefficient (Wildman–Crippen LogP) is 5.25. The Hall–Kier alpha value is -2.14. The van der Waals surface area contributed by atoms with Gasteiger partial charge in [0, 0.05) is 23.6 Å². The maximum Gasteiger partial charge on any atom is 0.200 e. The second-order valence-electron chi connectivity index (χ2n) is 6.39. The van der Waals surface area contributed by atoms with Gasteiger partial charge in [-0.15, -0.1) is 0 Å². The Morgan fingerprint density at radius 3 is 2.54 bits per heavy atom. The third-order valence-electron chi connectivity index (χ3n) is 4.25. The van der Waals surface area contributed by atoms with Crippen molar-refractivity contribution in [3.05, 3.63) is 57.1 Å². The van der Waals surface area contributed by atoms with Crippen molar-refractivity contribution in [1.82, 2.24) is 4.90 Å². The molecule has 26 heavy (non-hydrogen) atoms. The lowest BCUT2D eigenvalue weighted by Crippen LogP contribution is -2.14. The lowest BCUT2D eigenvalue weighted by atomic mass is 10.0. The van der Waals surface area contributed by atoms with Crippen LogP contribution >= 0.6 is 15.9 Å². The molecule has 0 aliphatic heterocycles. The molecule has 0 bridgehead atoms. The van der Waals surface area contributed by atoms with Crippen LogP contribution in [0.5, 0.6) is 5.75 Å². The molecule has 2 aromatic rings. The van der Waals surface area contributed by atoms with E-state index >= 15 is 0 Å². The van der Waals surface area contributed by atoms with Gasteiger partial charge in [0.05, 0.1) is 12.0 Å². The van der Waals surface area contributed by atoms with Crippen LogP contribution in [0.4, 0.5) is 5.69 Å². The van der Waals surface area contributed by atoms with E-state index in [-0.39, 0.29) is 12.4 Å². The largest absolute Gasteiger partial charge is 0.485 e. The zero-order chi connectivity index (χ0) is 19.3. The summed E-state index contributed by atoms with van der Waals surface area (Å²) < 4.78 is 6.63. The summed E-state index contributed by atoms with van der Waals surface area (Å²) in [4.78, 5) is 19.1. The summed E-state index contributed by atoms with van der Waals surface area (Å²) in [7, 11) is 1.98. The number of Topliss-reactive ketones (excluding diaryl/α,β-unsaturated/α-hetero) is 1. The number of aliphatic imine (C=N–C) groups is 1. The Balaban J connectivity index is 2.12. The first kappa shape index (κ1) is 20.2. The summed E-state index contributed by atoms with van der Waals surface area (Å²) >= 11 is 3.48. The number of benzene rings is 2. The SMILES string of the molecule is CCN(C)/C=N\c1cc(C)c(C(=O)COc2ccc(C)c(Br)c2)cc1C. The Kier molecular flexibility index (Phi) is 6.98. The van der Waals surface area contributed by atoms with Gasteiger partial charge in [-0.1, -0.05) is 22.0 Å². The number of hydrogen-bond acceptors (Lipinski definition) is 3. The molecule has 4 nitrogen and oxygen atoms in total. The van der Waals surface area contributed by atoms with Crippen LogP contribution in [-0.2, 0) is 0 Å². The maximum absolute atomic E-state index is 12.6. The monoisotopic (exact) mass is 416 g/mol. The third-order valence-corrected chi connectivity index (χ3v) is 5.10. The van der Waals surface area contributed by atoms with E-state index in [2.05, 4.69) is 27.8 Å². The Bertz CT molecular complexity index is 831. The summed E-state index contributed by atoms with van der Waals surface area (Å²) in [5.74, 6) is 0.637. The van der Waals surface area contributed by atoms with Crippen molar-refractivity contribution in [1.29, 1.82) is 0 Å². The van der Waals surface area contributed by atoms with E-state index in [0.717, 1.165) is 33.4 Å². The van der Waals surface area contributed by atoms with Crippen LogP contribution in [0.2, 0.25) is 0 Å². The molecule has 138 valence electrons. The molecular weight excluding hydrogens is 392 g/mol.